The Kier molecular flexibility index (Phi) is 5.84. The predicted molar refractivity (Wildman–Crippen MR) is 113 cm³/mol. The molecule has 1 amide bonds. The number of rotatable bonds is 5. The highest BCUT2D eigenvalue weighted by Crippen LogP contribution is 2.69. The number of aliphatic hydroxyl groups excluding tert-OH is 1. The van der Waals surface area contributed by atoms with Gasteiger partial charge in [0.25, 0.3) is 0 Å². The molecule has 0 aliphatic heterocycles. The van der Waals surface area contributed by atoms with E-state index in [4.69, 9.17) is 10.5 Å². The fourth-order valence-corrected chi connectivity index (χ4v) is 8.90. The van der Waals surface area contributed by atoms with Crippen molar-refractivity contribution in [2.24, 2.45) is 52.1 Å². The van der Waals surface area contributed by atoms with E-state index >= 15 is 0 Å². The van der Waals surface area contributed by atoms with Gasteiger partial charge in [-0.05, 0) is 80.5 Å². The summed E-state index contributed by atoms with van der Waals surface area (Å²) in [6.45, 7) is 4.20. The molecule has 6 heteroatoms. The Bertz CT molecular complexity index is 683. The lowest BCUT2D eigenvalue weighted by Crippen LogP contribution is -2.59. The lowest BCUT2D eigenvalue weighted by atomic mass is 9.43. The van der Waals surface area contributed by atoms with Gasteiger partial charge in [-0.2, -0.15) is 0 Å². The zero-order valence-corrected chi connectivity index (χ0v) is 18.5. The Balaban J connectivity index is 1.74. The van der Waals surface area contributed by atoms with Gasteiger partial charge in [-0.15, -0.1) is 0 Å². The number of primary amides is 1. The van der Waals surface area contributed by atoms with Gasteiger partial charge in [-0.1, -0.05) is 26.7 Å². The summed E-state index contributed by atoms with van der Waals surface area (Å²) in [6, 6.07) is 0. The SMILES string of the molecule is CC(CO)C(OC(N)=O)[C@]12CC[C@H]3[C@@H](CCC4CCCC[C@@]43C)[C@@H]1CCC2C(=O)O. The van der Waals surface area contributed by atoms with Crippen LogP contribution in [0, 0.1) is 46.3 Å². The molecule has 0 bridgehead atoms. The number of amides is 1. The third-order valence-electron chi connectivity index (χ3n) is 10.0. The number of fused-ring (bicyclic) bond motifs is 5. The molecule has 4 aliphatic rings. The Morgan fingerprint density at radius 1 is 1.07 bits per heavy atom. The summed E-state index contributed by atoms with van der Waals surface area (Å²) < 4.78 is 5.65. The Morgan fingerprint density at radius 2 is 1.83 bits per heavy atom. The van der Waals surface area contributed by atoms with Crippen molar-refractivity contribution in [2.45, 2.75) is 84.2 Å². The first-order valence-electron chi connectivity index (χ1n) is 12.1. The van der Waals surface area contributed by atoms with Crippen LogP contribution in [0.2, 0.25) is 0 Å². The minimum absolute atomic E-state index is 0.146. The first-order valence-corrected chi connectivity index (χ1v) is 12.1. The molecular weight excluding hydrogens is 382 g/mol. The summed E-state index contributed by atoms with van der Waals surface area (Å²) >= 11 is 0. The zero-order chi connectivity index (χ0) is 21.7. The van der Waals surface area contributed by atoms with Crippen molar-refractivity contribution in [3.05, 3.63) is 0 Å². The van der Waals surface area contributed by atoms with Crippen LogP contribution in [0.1, 0.15) is 78.1 Å². The molecule has 4 unspecified atom stereocenters. The van der Waals surface area contributed by atoms with Crippen molar-refractivity contribution in [3.63, 3.8) is 0 Å². The van der Waals surface area contributed by atoms with Crippen LogP contribution in [-0.2, 0) is 9.53 Å². The van der Waals surface area contributed by atoms with E-state index in [9.17, 15) is 19.8 Å². The van der Waals surface area contributed by atoms with E-state index in [0.717, 1.165) is 31.6 Å². The number of carboxylic acids is 1. The molecular formula is C24H39NO5. The van der Waals surface area contributed by atoms with Gasteiger partial charge >= 0.3 is 12.1 Å². The van der Waals surface area contributed by atoms with Crippen LogP contribution in [0.4, 0.5) is 4.79 Å². The van der Waals surface area contributed by atoms with Crippen LogP contribution in [0.3, 0.4) is 0 Å². The van der Waals surface area contributed by atoms with Crippen molar-refractivity contribution in [3.8, 4) is 0 Å². The Labute approximate surface area is 179 Å². The smallest absolute Gasteiger partial charge is 0.404 e. The van der Waals surface area contributed by atoms with Gasteiger partial charge in [0.15, 0.2) is 0 Å². The summed E-state index contributed by atoms with van der Waals surface area (Å²) in [4.78, 5) is 24.2. The van der Waals surface area contributed by atoms with Gasteiger partial charge in [-0.3, -0.25) is 4.79 Å². The summed E-state index contributed by atoms with van der Waals surface area (Å²) in [5.74, 6) is 0.447. The Morgan fingerprint density at radius 3 is 2.50 bits per heavy atom. The zero-order valence-electron chi connectivity index (χ0n) is 18.5. The Hall–Kier alpha value is -1.30. The molecule has 0 radical (unpaired) electrons. The highest BCUT2D eigenvalue weighted by molar-refractivity contribution is 5.72. The van der Waals surface area contributed by atoms with Crippen molar-refractivity contribution in [2.75, 3.05) is 6.61 Å². The monoisotopic (exact) mass is 421 g/mol. The second-order valence-corrected chi connectivity index (χ2v) is 11.0. The van der Waals surface area contributed by atoms with Crippen LogP contribution in [0.5, 0.6) is 0 Å². The average molecular weight is 422 g/mol. The topological polar surface area (TPSA) is 110 Å². The molecule has 6 nitrogen and oxygen atoms in total. The second-order valence-electron chi connectivity index (χ2n) is 11.0. The third-order valence-corrected chi connectivity index (χ3v) is 10.0. The van der Waals surface area contributed by atoms with E-state index in [2.05, 4.69) is 6.92 Å². The molecule has 0 saturated heterocycles. The first kappa shape index (κ1) is 21.9. The molecule has 0 aromatic carbocycles. The number of hydrogen-bond donors (Lipinski definition) is 3. The summed E-state index contributed by atoms with van der Waals surface area (Å²) in [5.41, 5.74) is 5.18. The maximum absolute atomic E-state index is 12.4. The highest BCUT2D eigenvalue weighted by Gasteiger charge is 2.66. The van der Waals surface area contributed by atoms with Crippen LogP contribution >= 0.6 is 0 Å². The number of carbonyl (C=O) groups excluding carboxylic acids is 1. The van der Waals surface area contributed by atoms with Gasteiger partial charge in [0.2, 0.25) is 0 Å². The number of carboxylic acid groups (broad SMARTS) is 1. The first-order chi connectivity index (χ1) is 14.3. The van der Waals surface area contributed by atoms with Crippen LogP contribution in [0.15, 0.2) is 0 Å². The molecule has 0 heterocycles. The molecule has 170 valence electrons. The maximum atomic E-state index is 12.4. The third kappa shape index (κ3) is 3.16. The number of carbonyl (C=O) groups is 2. The summed E-state index contributed by atoms with van der Waals surface area (Å²) in [7, 11) is 0. The van der Waals surface area contributed by atoms with Crippen molar-refractivity contribution < 1.29 is 24.5 Å². The van der Waals surface area contributed by atoms with Crippen molar-refractivity contribution in [1.29, 1.82) is 0 Å². The quantitative estimate of drug-likeness (QED) is 0.616. The van der Waals surface area contributed by atoms with E-state index in [1.165, 1.54) is 32.1 Å². The molecule has 30 heavy (non-hydrogen) atoms. The minimum atomic E-state index is -0.866. The molecule has 4 fully saturated rings. The lowest BCUT2D eigenvalue weighted by Gasteiger charge is -2.62. The largest absolute Gasteiger partial charge is 0.481 e. The maximum Gasteiger partial charge on any atom is 0.404 e. The standard InChI is InChI=1S/C24H39NO5/c1-14(13-26)20(30-22(25)29)24-12-10-17-16(18(24)8-9-19(24)21(27)28)7-6-15-5-3-4-11-23(15,17)2/h14-20,26H,3-13H2,1-2H3,(H2,25,29)(H,27,28)/t14?,15?,16-,17+,18+,19?,20?,23+,24-/m1/s1. The summed E-state index contributed by atoms with van der Waals surface area (Å²) in [5, 5.41) is 20.1. The van der Waals surface area contributed by atoms with Crippen molar-refractivity contribution >= 4 is 12.1 Å². The summed E-state index contributed by atoms with van der Waals surface area (Å²) in [6.07, 6.45) is 9.38. The van der Waals surface area contributed by atoms with Crippen LogP contribution in [-0.4, -0.2) is 35.0 Å². The minimum Gasteiger partial charge on any atom is -0.481 e. The molecule has 4 saturated carbocycles. The second kappa shape index (κ2) is 7.99. The van der Waals surface area contributed by atoms with E-state index in [1.54, 1.807) is 0 Å². The van der Waals surface area contributed by atoms with Crippen molar-refractivity contribution in [1.82, 2.24) is 0 Å². The van der Waals surface area contributed by atoms with Crippen LogP contribution in [0.25, 0.3) is 0 Å². The molecule has 0 aromatic heterocycles. The van der Waals surface area contributed by atoms with Crippen LogP contribution < -0.4 is 5.73 Å². The highest BCUT2D eigenvalue weighted by atomic mass is 16.6. The fraction of sp³-hybridized carbons (Fsp3) is 0.917. The van der Waals surface area contributed by atoms with Gasteiger partial charge < -0.3 is 20.7 Å². The molecule has 4 N–H and O–H groups in total. The molecule has 4 rings (SSSR count). The van der Waals surface area contributed by atoms with Gasteiger partial charge in [0.05, 0.1) is 5.92 Å². The molecule has 9 atom stereocenters. The number of ether oxygens (including phenoxy) is 1. The lowest BCUT2D eigenvalue weighted by molar-refractivity contribution is -0.178. The molecule has 4 aliphatic carbocycles. The van der Waals surface area contributed by atoms with Gasteiger partial charge in [0.1, 0.15) is 6.10 Å². The van der Waals surface area contributed by atoms with Gasteiger partial charge in [-0.25, -0.2) is 4.79 Å². The number of nitrogens with two attached hydrogens (primary N) is 1. The fourth-order valence-electron chi connectivity index (χ4n) is 8.90. The molecule has 0 spiro atoms. The van der Waals surface area contributed by atoms with E-state index in [-0.39, 0.29) is 18.4 Å². The number of aliphatic carboxylic acids is 1. The molecule has 0 aromatic rings. The van der Waals surface area contributed by atoms with E-state index < -0.39 is 29.5 Å². The predicted octanol–water partition coefficient (Wildman–Crippen LogP) is 4.19. The van der Waals surface area contributed by atoms with E-state index in [1.807, 2.05) is 6.92 Å². The normalized spacial score (nSPS) is 44.8. The average Bonchev–Trinajstić information content (AvgIpc) is 3.11. The number of hydrogen-bond acceptors (Lipinski definition) is 4. The number of aliphatic hydroxyl groups is 1. The van der Waals surface area contributed by atoms with Gasteiger partial charge in [0, 0.05) is 17.9 Å². The van der Waals surface area contributed by atoms with E-state index in [0.29, 0.717) is 23.7 Å².